The smallest absolute Gasteiger partial charge is 0.225 e. The molecule has 0 aromatic carbocycles. The first-order valence-corrected chi connectivity index (χ1v) is 11.1. The molecule has 0 radical (unpaired) electrons. The van der Waals surface area contributed by atoms with Crippen LogP contribution in [0.1, 0.15) is 16.9 Å². The van der Waals surface area contributed by atoms with E-state index in [2.05, 4.69) is 9.97 Å². The predicted octanol–water partition coefficient (Wildman–Crippen LogP) is 1.52. The molecule has 21 heavy (non-hydrogen) atoms. The molecule has 114 valence electrons. The average molecular weight is 367 g/mol. The Morgan fingerprint density at radius 2 is 1.90 bits per heavy atom. The van der Waals surface area contributed by atoms with Crippen LogP contribution in [0.4, 0.5) is 0 Å². The lowest BCUT2D eigenvalue weighted by atomic mass is 10.2. The molecule has 6 nitrogen and oxygen atoms in total. The summed E-state index contributed by atoms with van der Waals surface area (Å²) in [6.07, 6.45) is 3.92. The number of hydrogen-bond donors (Lipinski definition) is 0. The van der Waals surface area contributed by atoms with Gasteiger partial charge in [-0.05, 0) is 24.8 Å². The second-order valence-electron chi connectivity index (χ2n) is 4.78. The normalized spacial score (nSPS) is 15.5. The molecule has 2 aromatic rings. The summed E-state index contributed by atoms with van der Waals surface area (Å²) in [5.74, 6) is -1.20. The van der Waals surface area contributed by atoms with Crippen LogP contribution in [-0.4, -0.2) is 38.3 Å². The van der Waals surface area contributed by atoms with E-state index in [-0.39, 0.29) is 5.03 Å². The molecule has 2 aromatic heterocycles. The van der Waals surface area contributed by atoms with Crippen molar-refractivity contribution in [3.8, 4) is 0 Å². The molecule has 2 heterocycles. The van der Waals surface area contributed by atoms with E-state index in [4.69, 9.17) is 10.7 Å². The summed E-state index contributed by atoms with van der Waals surface area (Å²) in [5.41, 5.74) is 0.989. The number of aryl methyl sites for hydroxylation is 2. The minimum atomic E-state index is -3.86. The van der Waals surface area contributed by atoms with Crippen molar-refractivity contribution in [2.24, 2.45) is 0 Å². The fourth-order valence-electron chi connectivity index (χ4n) is 2.44. The first kappa shape index (κ1) is 15.1. The average Bonchev–Trinajstić information content (AvgIpc) is 2.95. The van der Waals surface area contributed by atoms with Crippen LogP contribution in [0.3, 0.4) is 0 Å². The zero-order valence-corrected chi connectivity index (χ0v) is 13.9. The number of fused-ring (bicyclic) bond motifs is 3. The van der Waals surface area contributed by atoms with Crippen molar-refractivity contribution in [1.29, 1.82) is 0 Å². The van der Waals surface area contributed by atoms with Crippen LogP contribution in [0.25, 0.3) is 10.2 Å². The molecule has 3 rings (SSSR count). The molecule has 1 aliphatic rings. The van der Waals surface area contributed by atoms with Crippen molar-refractivity contribution in [2.75, 3.05) is 11.5 Å². The van der Waals surface area contributed by atoms with Gasteiger partial charge in [0.1, 0.15) is 11.2 Å². The van der Waals surface area contributed by atoms with Crippen LogP contribution in [0.2, 0.25) is 0 Å². The number of sulfone groups is 1. The van der Waals surface area contributed by atoms with Gasteiger partial charge in [-0.1, -0.05) is 0 Å². The van der Waals surface area contributed by atoms with E-state index in [1.807, 2.05) is 0 Å². The van der Waals surface area contributed by atoms with Crippen molar-refractivity contribution in [3.05, 3.63) is 16.8 Å². The van der Waals surface area contributed by atoms with E-state index in [0.717, 1.165) is 29.7 Å². The molecule has 0 amide bonds. The summed E-state index contributed by atoms with van der Waals surface area (Å²) in [4.78, 5) is 9.81. The van der Waals surface area contributed by atoms with Crippen LogP contribution in [0, 0.1) is 0 Å². The number of rotatable bonds is 4. The fraction of sp³-hybridized carbons (Fsp3) is 0.455. The number of thiophene rings is 1. The molecule has 10 heteroatoms. The van der Waals surface area contributed by atoms with E-state index in [0.29, 0.717) is 10.2 Å². The van der Waals surface area contributed by atoms with Crippen LogP contribution < -0.4 is 0 Å². The van der Waals surface area contributed by atoms with Crippen LogP contribution >= 0.6 is 22.0 Å². The molecule has 0 bridgehead atoms. The van der Waals surface area contributed by atoms with E-state index in [1.165, 1.54) is 17.7 Å². The zero-order valence-electron chi connectivity index (χ0n) is 10.7. The Morgan fingerprint density at radius 1 is 1.14 bits per heavy atom. The number of aromatic nitrogens is 2. The van der Waals surface area contributed by atoms with E-state index in [9.17, 15) is 16.8 Å². The Balaban J connectivity index is 2.12. The first-order valence-electron chi connectivity index (χ1n) is 6.18. The Morgan fingerprint density at radius 3 is 2.62 bits per heavy atom. The SMILES string of the molecule is O=S(=O)(Cl)CCS(=O)(=O)c1ncnc2sc3c(c12)CCC3. The summed E-state index contributed by atoms with van der Waals surface area (Å²) in [6, 6.07) is 0. The maximum absolute atomic E-state index is 12.4. The lowest BCUT2D eigenvalue weighted by Gasteiger charge is -2.05. The van der Waals surface area contributed by atoms with Gasteiger partial charge >= 0.3 is 0 Å². The van der Waals surface area contributed by atoms with E-state index < -0.39 is 30.4 Å². The van der Waals surface area contributed by atoms with Crippen LogP contribution in [-0.2, 0) is 31.7 Å². The molecule has 0 aliphatic heterocycles. The minimum absolute atomic E-state index is 0.0767. The summed E-state index contributed by atoms with van der Waals surface area (Å²) in [6.45, 7) is 0. The Labute approximate surface area is 130 Å². The first-order chi connectivity index (χ1) is 9.78. The van der Waals surface area contributed by atoms with Gasteiger partial charge in [-0.2, -0.15) is 0 Å². The maximum atomic E-state index is 12.4. The molecular formula is C11H11ClN2O4S3. The lowest BCUT2D eigenvalue weighted by Crippen LogP contribution is -2.16. The largest absolute Gasteiger partial charge is 0.233 e. The Hall–Kier alpha value is -0.770. The van der Waals surface area contributed by atoms with Gasteiger partial charge in [0.2, 0.25) is 9.05 Å². The number of hydrogen-bond acceptors (Lipinski definition) is 7. The van der Waals surface area contributed by atoms with Crippen LogP contribution in [0.5, 0.6) is 0 Å². The Bertz CT molecular complexity index is 918. The number of halogens is 1. The third-order valence-corrected chi connectivity index (χ3v) is 7.61. The lowest BCUT2D eigenvalue weighted by molar-refractivity contribution is 0.590. The van der Waals surface area contributed by atoms with Gasteiger partial charge in [0.15, 0.2) is 14.9 Å². The van der Waals surface area contributed by atoms with Gasteiger partial charge < -0.3 is 0 Å². The van der Waals surface area contributed by atoms with Gasteiger partial charge in [0.05, 0.1) is 16.9 Å². The zero-order chi connectivity index (χ0) is 15.3. The van der Waals surface area contributed by atoms with E-state index in [1.54, 1.807) is 0 Å². The van der Waals surface area contributed by atoms with Gasteiger partial charge in [0, 0.05) is 15.6 Å². The standard InChI is InChI=1S/C11H11ClN2O4S3/c12-21(17,18)5-4-20(15,16)11-9-7-2-1-3-8(7)19-10(9)13-6-14-11/h6H,1-5H2. The van der Waals surface area contributed by atoms with Gasteiger partial charge in [-0.25, -0.2) is 26.8 Å². The second-order valence-corrected chi connectivity index (χ2v) is 10.8. The molecule has 1 aliphatic carbocycles. The highest BCUT2D eigenvalue weighted by molar-refractivity contribution is 8.14. The third-order valence-electron chi connectivity index (χ3n) is 3.36. The van der Waals surface area contributed by atoms with Gasteiger partial charge in [-0.3, -0.25) is 0 Å². The molecule has 0 atom stereocenters. The summed E-state index contributed by atoms with van der Waals surface area (Å²) in [5, 5.41) is 0.481. The number of nitrogens with zero attached hydrogens (tertiary/aromatic N) is 2. The maximum Gasteiger partial charge on any atom is 0.233 e. The molecule has 0 N–H and O–H groups in total. The summed E-state index contributed by atoms with van der Waals surface area (Å²) < 4.78 is 46.7. The molecule has 0 fully saturated rings. The quantitative estimate of drug-likeness (QED) is 0.601. The predicted molar refractivity (Wildman–Crippen MR) is 81.1 cm³/mol. The fourth-order valence-corrected chi connectivity index (χ4v) is 6.91. The molecule has 0 saturated carbocycles. The van der Waals surface area contributed by atoms with Crippen molar-refractivity contribution in [2.45, 2.75) is 24.3 Å². The van der Waals surface area contributed by atoms with Crippen molar-refractivity contribution in [1.82, 2.24) is 9.97 Å². The third kappa shape index (κ3) is 2.92. The van der Waals surface area contributed by atoms with Crippen molar-refractivity contribution in [3.63, 3.8) is 0 Å². The minimum Gasteiger partial charge on any atom is -0.225 e. The summed E-state index contributed by atoms with van der Waals surface area (Å²) in [7, 11) is -2.59. The molecular weight excluding hydrogens is 356 g/mol. The highest BCUT2D eigenvalue weighted by Gasteiger charge is 2.28. The highest BCUT2D eigenvalue weighted by atomic mass is 35.7. The Kier molecular flexibility index (Phi) is 3.71. The van der Waals surface area contributed by atoms with Crippen molar-refractivity contribution < 1.29 is 16.8 Å². The molecule has 0 saturated heterocycles. The van der Waals surface area contributed by atoms with Gasteiger partial charge in [-0.15, -0.1) is 11.3 Å². The topological polar surface area (TPSA) is 94.1 Å². The molecule has 0 unspecified atom stereocenters. The van der Waals surface area contributed by atoms with Crippen molar-refractivity contribution >= 4 is 51.1 Å². The molecule has 0 spiro atoms. The monoisotopic (exact) mass is 366 g/mol. The van der Waals surface area contributed by atoms with Gasteiger partial charge in [0.25, 0.3) is 0 Å². The summed E-state index contributed by atoms with van der Waals surface area (Å²) >= 11 is 1.48. The highest BCUT2D eigenvalue weighted by Crippen LogP contribution is 2.38. The van der Waals surface area contributed by atoms with E-state index >= 15 is 0 Å². The second kappa shape index (κ2) is 5.15. The van der Waals surface area contributed by atoms with Crippen LogP contribution in [0.15, 0.2) is 11.4 Å².